The van der Waals surface area contributed by atoms with Crippen LogP contribution in [0.4, 0.5) is 0 Å². The molecule has 0 bridgehead atoms. The van der Waals surface area contributed by atoms with Crippen LogP contribution in [0.1, 0.15) is 59.9 Å². The molecule has 2 fully saturated rings. The van der Waals surface area contributed by atoms with E-state index in [9.17, 15) is 14.4 Å². The molecule has 0 radical (unpaired) electrons. The summed E-state index contributed by atoms with van der Waals surface area (Å²) in [5.74, 6) is -1.93. The van der Waals surface area contributed by atoms with Crippen LogP contribution >= 0.6 is 0 Å². The minimum Gasteiger partial charge on any atom is -0.478 e. The number of ketones is 1. The molecule has 0 amide bonds. The lowest BCUT2D eigenvalue weighted by Gasteiger charge is -2.29. The van der Waals surface area contributed by atoms with Crippen LogP contribution in [-0.4, -0.2) is 39.6 Å². The van der Waals surface area contributed by atoms with Gasteiger partial charge in [-0.2, -0.15) is 0 Å². The van der Waals surface area contributed by atoms with E-state index in [-0.39, 0.29) is 33.8 Å². The van der Waals surface area contributed by atoms with Crippen LogP contribution in [0.15, 0.2) is 18.2 Å². The Morgan fingerprint density at radius 2 is 1.62 bits per heavy atom. The molecule has 3 rings (SSSR count). The second kappa shape index (κ2) is 6.02. The molecule has 24 heavy (non-hydrogen) atoms. The molecule has 1 aliphatic carbocycles. The lowest BCUT2D eigenvalue weighted by atomic mass is 9.72. The smallest absolute Gasteiger partial charge is 0.335 e. The third-order valence-corrected chi connectivity index (χ3v) is 4.45. The van der Waals surface area contributed by atoms with Gasteiger partial charge in [0.15, 0.2) is 5.78 Å². The molecule has 6 heteroatoms. The summed E-state index contributed by atoms with van der Waals surface area (Å²) in [5, 5.41) is 17.4. The quantitative estimate of drug-likeness (QED) is 0.806. The number of epoxide rings is 1. The van der Waals surface area contributed by atoms with Crippen LogP contribution in [0.25, 0.3) is 0 Å². The minimum atomic E-state index is -1.11. The van der Waals surface area contributed by atoms with Gasteiger partial charge in [-0.3, -0.25) is 4.79 Å². The molecular weight excluding hydrogens is 312 g/mol. The summed E-state index contributed by atoms with van der Waals surface area (Å²) in [4.78, 5) is 32.5. The number of benzene rings is 1. The maximum atomic E-state index is 11.3. The SMILES string of the molecule is CC1(C)CC(=O)C2OC2(C)C1.Cc1c(C(=O)O)cccc1C(=O)O. The second-order valence-electron chi connectivity index (χ2n) is 7.38. The van der Waals surface area contributed by atoms with Crippen LogP contribution < -0.4 is 0 Å². The number of Topliss-reactive ketones (excluding diaryl/α,β-unsaturated/α-hetero) is 1. The Kier molecular flexibility index (Phi) is 4.55. The standard InChI is InChI=1S/C9H8O4.C9H14O2/c1-5-6(8(10)11)3-2-4-7(5)9(12)13;1-8(2)4-6(10)7-9(3,5-8)11-7/h2-4H,1H3,(H,10,11)(H,12,13);7H,4-5H2,1-3H3. The van der Waals surface area contributed by atoms with Gasteiger partial charge >= 0.3 is 11.9 Å². The van der Waals surface area contributed by atoms with Crippen molar-refractivity contribution in [2.24, 2.45) is 5.41 Å². The van der Waals surface area contributed by atoms with Gasteiger partial charge < -0.3 is 14.9 Å². The Balaban J connectivity index is 0.000000175. The zero-order valence-corrected chi connectivity index (χ0v) is 14.3. The molecule has 6 nitrogen and oxygen atoms in total. The van der Waals surface area contributed by atoms with E-state index in [1.807, 2.05) is 6.92 Å². The van der Waals surface area contributed by atoms with E-state index in [0.717, 1.165) is 6.42 Å². The van der Waals surface area contributed by atoms with Crippen molar-refractivity contribution >= 4 is 17.7 Å². The van der Waals surface area contributed by atoms with E-state index in [0.29, 0.717) is 12.2 Å². The number of carbonyl (C=O) groups excluding carboxylic acids is 1. The summed E-state index contributed by atoms with van der Waals surface area (Å²) >= 11 is 0. The van der Waals surface area contributed by atoms with Gasteiger partial charge in [0.1, 0.15) is 11.7 Å². The van der Waals surface area contributed by atoms with Crippen molar-refractivity contribution in [2.75, 3.05) is 0 Å². The molecule has 1 heterocycles. The first-order valence-electron chi connectivity index (χ1n) is 7.73. The van der Waals surface area contributed by atoms with Crippen LogP contribution in [0.3, 0.4) is 0 Å². The molecule has 1 aromatic carbocycles. The monoisotopic (exact) mass is 334 g/mol. The molecule has 1 saturated carbocycles. The summed E-state index contributed by atoms with van der Waals surface area (Å²) in [6.07, 6.45) is 1.65. The van der Waals surface area contributed by atoms with E-state index < -0.39 is 11.9 Å². The highest BCUT2D eigenvalue weighted by Gasteiger charge is 2.62. The number of ether oxygens (including phenoxy) is 1. The first kappa shape index (κ1) is 18.1. The van der Waals surface area contributed by atoms with E-state index in [4.69, 9.17) is 14.9 Å². The second-order valence-corrected chi connectivity index (χ2v) is 7.38. The summed E-state index contributed by atoms with van der Waals surface area (Å²) in [6, 6.07) is 4.17. The largest absolute Gasteiger partial charge is 0.478 e. The summed E-state index contributed by atoms with van der Waals surface area (Å²) in [7, 11) is 0. The molecule has 130 valence electrons. The van der Waals surface area contributed by atoms with E-state index in [1.54, 1.807) is 0 Å². The van der Waals surface area contributed by atoms with Gasteiger partial charge in [0, 0.05) is 6.42 Å². The number of fused-ring (bicyclic) bond motifs is 1. The van der Waals surface area contributed by atoms with Crippen molar-refractivity contribution in [3.05, 3.63) is 34.9 Å². The van der Waals surface area contributed by atoms with Crippen LogP contribution in [0, 0.1) is 12.3 Å². The molecule has 2 unspecified atom stereocenters. The van der Waals surface area contributed by atoms with Crippen molar-refractivity contribution in [1.29, 1.82) is 0 Å². The number of carbonyl (C=O) groups is 3. The third-order valence-electron chi connectivity index (χ3n) is 4.45. The summed E-state index contributed by atoms with van der Waals surface area (Å²) in [6.45, 7) is 7.78. The fourth-order valence-corrected chi connectivity index (χ4v) is 3.45. The van der Waals surface area contributed by atoms with Gasteiger partial charge in [-0.1, -0.05) is 19.9 Å². The number of carboxylic acid groups (broad SMARTS) is 2. The highest BCUT2D eigenvalue weighted by molar-refractivity contribution is 5.96. The van der Waals surface area contributed by atoms with E-state index in [1.165, 1.54) is 25.1 Å². The topological polar surface area (TPSA) is 104 Å². The molecule has 2 N–H and O–H groups in total. The van der Waals surface area contributed by atoms with Crippen LogP contribution in [0.5, 0.6) is 0 Å². The van der Waals surface area contributed by atoms with Crippen LogP contribution in [-0.2, 0) is 9.53 Å². The molecular formula is C18H22O6. The van der Waals surface area contributed by atoms with Gasteiger partial charge in [-0.15, -0.1) is 0 Å². The Morgan fingerprint density at radius 1 is 1.12 bits per heavy atom. The Bertz CT molecular complexity index is 670. The van der Waals surface area contributed by atoms with E-state index >= 15 is 0 Å². The Morgan fingerprint density at radius 3 is 2.04 bits per heavy atom. The van der Waals surface area contributed by atoms with Gasteiger partial charge in [0.2, 0.25) is 0 Å². The maximum Gasteiger partial charge on any atom is 0.335 e. The molecule has 0 spiro atoms. The van der Waals surface area contributed by atoms with Crippen molar-refractivity contribution in [1.82, 2.24) is 0 Å². The van der Waals surface area contributed by atoms with Crippen molar-refractivity contribution in [3.8, 4) is 0 Å². The molecule has 1 aliphatic heterocycles. The maximum absolute atomic E-state index is 11.3. The average Bonchev–Trinajstić information content (AvgIpc) is 3.09. The summed E-state index contributed by atoms with van der Waals surface area (Å²) < 4.78 is 5.36. The average molecular weight is 334 g/mol. The zero-order chi connectivity index (χ0) is 18.3. The van der Waals surface area contributed by atoms with Crippen molar-refractivity contribution in [3.63, 3.8) is 0 Å². The highest BCUT2D eigenvalue weighted by Crippen LogP contribution is 2.52. The molecule has 1 saturated heterocycles. The number of hydrogen-bond donors (Lipinski definition) is 2. The van der Waals surface area contributed by atoms with Gasteiger partial charge in [0.25, 0.3) is 0 Å². The Hall–Kier alpha value is -2.21. The third kappa shape index (κ3) is 3.64. The molecule has 2 atom stereocenters. The van der Waals surface area contributed by atoms with Crippen molar-refractivity contribution in [2.45, 2.75) is 52.2 Å². The molecule has 1 aromatic rings. The highest BCUT2D eigenvalue weighted by atomic mass is 16.6. The molecule has 2 aliphatic rings. The van der Waals surface area contributed by atoms with Crippen LogP contribution in [0.2, 0.25) is 0 Å². The number of hydrogen-bond acceptors (Lipinski definition) is 4. The number of carboxylic acids is 2. The Labute approximate surface area is 140 Å². The predicted octanol–water partition coefficient (Wildman–Crippen LogP) is 2.92. The first-order valence-corrected chi connectivity index (χ1v) is 7.73. The fraction of sp³-hybridized carbons (Fsp3) is 0.500. The predicted molar refractivity (Wildman–Crippen MR) is 86.4 cm³/mol. The van der Waals surface area contributed by atoms with Gasteiger partial charge in [0.05, 0.1) is 11.1 Å². The summed E-state index contributed by atoms with van der Waals surface area (Å²) in [5.41, 5.74) is 0.389. The molecule has 0 aromatic heterocycles. The normalized spacial score (nSPS) is 26.7. The van der Waals surface area contributed by atoms with E-state index in [2.05, 4.69) is 13.8 Å². The van der Waals surface area contributed by atoms with Gasteiger partial charge in [-0.05, 0) is 43.4 Å². The fourth-order valence-electron chi connectivity index (χ4n) is 3.45. The minimum absolute atomic E-state index is 0.0277. The lowest BCUT2D eigenvalue weighted by Crippen LogP contribution is -2.34. The number of aromatic carboxylic acids is 2. The zero-order valence-electron chi connectivity index (χ0n) is 14.3. The lowest BCUT2D eigenvalue weighted by molar-refractivity contribution is -0.123. The first-order chi connectivity index (χ1) is 11.0. The van der Waals surface area contributed by atoms with Crippen molar-refractivity contribution < 1.29 is 29.3 Å². The number of rotatable bonds is 2. The van der Waals surface area contributed by atoms with Gasteiger partial charge in [-0.25, -0.2) is 9.59 Å².